The highest BCUT2D eigenvalue weighted by Crippen LogP contribution is 2.53. The number of hydrogen-bond acceptors (Lipinski definition) is 15. The largest absolute Gasteiger partial charge is 0.394 e. The number of anilines is 2. The summed E-state index contributed by atoms with van der Waals surface area (Å²) in [5, 5.41) is 28.7. The second kappa shape index (κ2) is 10.3. The smallest absolute Gasteiger partial charge is 0.327 e. The molecular formula is C20H24FN10O8PS. The van der Waals surface area contributed by atoms with E-state index >= 15 is 4.39 Å². The fourth-order valence-corrected chi connectivity index (χ4v) is 6.51. The third kappa shape index (κ3) is 4.66. The zero-order valence-electron chi connectivity index (χ0n) is 20.8. The van der Waals surface area contributed by atoms with Crippen molar-refractivity contribution in [2.75, 3.05) is 37.9 Å². The Morgan fingerprint density at radius 2 is 2.10 bits per heavy atom. The number of aliphatic hydroxyl groups is 2. The number of aromatic nitrogens is 8. The molecule has 18 nitrogen and oxygen atoms in total. The second-order valence-electron chi connectivity index (χ2n) is 9.41. The van der Waals surface area contributed by atoms with E-state index in [1.165, 1.54) is 6.33 Å². The number of rotatable bonds is 8. The number of nitrogens with two attached hydrogens (primary N) is 2. The Morgan fingerprint density at radius 3 is 2.85 bits per heavy atom. The van der Waals surface area contributed by atoms with Crippen molar-refractivity contribution in [2.24, 2.45) is 0 Å². The van der Waals surface area contributed by atoms with Crippen LogP contribution in [0.1, 0.15) is 6.04 Å². The number of hydrogen-bond donors (Lipinski definition) is 6. The Morgan fingerprint density at radius 1 is 1.29 bits per heavy atom. The molecule has 2 fully saturated rings. The maximum Gasteiger partial charge on any atom is 0.327 e. The van der Waals surface area contributed by atoms with Crippen molar-refractivity contribution in [3.8, 4) is 0 Å². The zero-order chi connectivity index (χ0) is 29.1. The lowest BCUT2D eigenvalue weighted by Crippen LogP contribution is -2.47. The van der Waals surface area contributed by atoms with Crippen LogP contribution in [0.2, 0.25) is 0 Å². The Labute approximate surface area is 233 Å². The first-order chi connectivity index (χ1) is 19.5. The predicted octanol–water partition coefficient (Wildman–Crippen LogP) is -1.94. The molecule has 220 valence electrons. The fourth-order valence-electron chi connectivity index (χ4n) is 4.93. The third-order valence-electron chi connectivity index (χ3n) is 6.96. The number of aromatic amines is 1. The highest BCUT2D eigenvalue weighted by atomic mass is 32.5. The molecule has 6 heterocycles. The van der Waals surface area contributed by atoms with Crippen molar-refractivity contribution in [1.29, 1.82) is 0 Å². The summed E-state index contributed by atoms with van der Waals surface area (Å²) >= 11 is 5.18. The van der Waals surface area contributed by atoms with Gasteiger partial charge >= 0.3 is 6.72 Å². The number of H-pyrrole nitrogens is 1. The first-order valence-electron chi connectivity index (χ1n) is 12.1. The number of alkyl halides is 1. The van der Waals surface area contributed by atoms with Gasteiger partial charge in [-0.25, -0.2) is 14.4 Å². The predicted molar refractivity (Wildman–Crippen MR) is 140 cm³/mol. The van der Waals surface area contributed by atoms with Crippen molar-refractivity contribution in [1.82, 2.24) is 39.5 Å². The first kappa shape index (κ1) is 27.9. The second-order valence-corrected chi connectivity index (χ2v) is 12.2. The maximum atomic E-state index is 15.8. The number of fused-ring (bicyclic) bond motifs is 2. The average Bonchev–Trinajstić information content (AvgIpc) is 3.69. The molecule has 41 heavy (non-hydrogen) atoms. The summed E-state index contributed by atoms with van der Waals surface area (Å²) in [6, 6.07) is 1.13. The molecule has 0 radical (unpaired) electrons. The van der Waals surface area contributed by atoms with Gasteiger partial charge in [0.1, 0.15) is 42.7 Å². The van der Waals surface area contributed by atoms with Gasteiger partial charge < -0.3 is 45.1 Å². The minimum atomic E-state index is -4.37. The van der Waals surface area contributed by atoms with Crippen LogP contribution in [0.5, 0.6) is 0 Å². The average molecular weight is 615 g/mol. The molecule has 2 saturated heterocycles. The summed E-state index contributed by atoms with van der Waals surface area (Å²) in [6.45, 7) is -6.12. The highest BCUT2D eigenvalue weighted by molar-refractivity contribution is 8.07. The summed E-state index contributed by atoms with van der Waals surface area (Å²) in [5.41, 5.74) is 8.34. The fraction of sp³-hybridized carbons (Fsp3) is 0.500. The number of nitrogens with zero attached hydrogens (tertiary/aromatic N) is 7. The van der Waals surface area contributed by atoms with Gasteiger partial charge in [0.15, 0.2) is 17.3 Å². The summed E-state index contributed by atoms with van der Waals surface area (Å²) in [4.78, 5) is 37.6. The normalized spacial score (nSPS) is 29.9. The van der Waals surface area contributed by atoms with Gasteiger partial charge in [-0.2, -0.15) is 9.67 Å². The Kier molecular flexibility index (Phi) is 6.99. The van der Waals surface area contributed by atoms with Gasteiger partial charge in [-0.15, -0.1) is 5.10 Å². The van der Waals surface area contributed by atoms with Crippen LogP contribution in [0.15, 0.2) is 23.4 Å². The molecule has 7 atom stereocenters. The van der Waals surface area contributed by atoms with Crippen LogP contribution >= 0.6 is 6.72 Å². The quantitative estimate of drug-likeness (QED) is 0.118. The minimum Gasteiger partial charge on any atom is -0.394 e. The van der Waals surface area contributed by atoms with Crippen LogP contribution in [0.25, 0.3) is 22.2 Å². The molecule has 0 bridgehead atoms. The van der Waals surface area contributed by atoms with Crippen LogP contribution in [-0.2, 0) is 36.1 Å². The van der Waals surface area contributed by atoms with Gasteiger partial charge in [-0.3, -0.25) is 14.3 Å². The van der Waals surface area contributed by atoms with Gasteiger partial charge in [0.2, 0.25) is 11.7 Å². The molecule has 21 heteroatoms. The van der Waals surface area contributed by atoms with Gasteiger partial charge in [-0.05, 0) is 17.9 Å². The van der Waals surface area contributed by atoms with E-state index in [1.54, 1.807) is 16.8 Å². The summed E-state index contributed by atoms with van der Waals surface area (Å²) < 4.78 is 40.4. The molecule has 2 aliphatic rings. The van der Waals surface area contributed by atoms with Crippen molar-refractivity contribution in [2.45, 2.75) is 36.3 Å². The summed E-state index contributed by atoms with van der Waals surface area (Å²) in [7, 11) is 0. The molecule has 0 saturated carbocycles. The van der Waals surface area contributed by atoms with E-state index in [0.29, 0.717) is 11.0 Å². The molecule has 4 aromatic heterocycles. The molecule has 0 spiro atoms. The van der Waals surface area contributed by atoms with Crippen molar-refractivity contribution >= 4 is 52.5 Å². The van der Waals surface area contributed by atoms with Crippen molar-refractivity contribution < 1.29 is 38.0 Å². The molecule has 6 rings (SSSR count). The number of nitrogen functional groups attached to an aromatic ring is 2. The Balaban J connectivity index is 1.23. The van der Waals surface area contributed by atoms with Gasteiger partial charge in [0.05, 0.1) is 31.2 Å². The standard InChI is InChI=1S/C20H24FN10O8PS/c21-14-10(3-32)37-6-20(14,31-17-12(28-29-31)18(34)27-19(23)26-17)39-40(35,41)38-5-11-13(33)9(4-36-11)30-2-1-8-15(22)24-7-25-16(8)30/h1-2,7,9-11,13-14,32-33H,3-6H2,(H,35,41)(H2,22,24,25)(H3,23,26,27,34)/t9-,10-,11-,13+,14-,20?,40?/m1/s1. The number of nitrogens with one attached hydrogen (secondary N) is 1. The topological polar surface area (TPSA) is 257 Å². The van der Waals surface area contributed by atoms with Crippen LogP contribution in [-0.4, -0.2) is 106 Å². The van der Waals surface area contributed by atoms with E-state index in [9.17, 15) is 19.9 Å². The van der Waals surface area contributed by atoms with E-state index in [0.717, 1.165) is 4.68 Å². The van der Waals surface area contributed by atoms with Crippen LogP contribution in [0.4, 0.5) is 16.2 Å². The third-order valence-corrected chi connectivity index (χ3v) is 8.52. The van der Waals surface area contributed by atoms with E-state index in [2.05, 4.69) is 30.2 Å². The molecule has 0 aliphatic carbocycles. The van der Waals surface area contributed by atoms with E-state index in [4.69, 9.17) is 41.8 Å². The van der Waals surface area contributed by atoms with Crippen LogP contribution in [0.3, 0.4) is 0 Å². The number of aliphatic hydroxyl groups excluding tert-OH is 2. The molecule has 2 unspecified atom stereocenters. The van der Waals surface area contributed by atoms with Crippen LogP contribution < -0.4 is 17.0 Å². The summed E-state index contributed by atoms with van der Waals surface area (Å²) in [6.07, 6.45) is -2.69. The van der Waals surface area contributed by atoms with Crippen molar-refractivity contribution in [3.63, 3.8) is 0 Å². The minimum absolute atomic E-state index is 0.0626. The lowest BCUT2D eigenvalue weighted by molar-refractivity contribution is -0.0811. The SMILES string of the molecule is Nc1nc2c(nnn2C2(OP(O)(=S)OC[C@H]3OC[C@@H](n4ccc5c(N)ncnc54)[C@@H]3O)CO[C@H](CO)[C@H]2F)c(=O)[nH]1. The molecular weight excluding hydrogens is 590 g/mol. The number of ether oxygens (including phenoxy) is 2. The number of halogens is 1. The Bertz CT molecular complexity index is 1720. The maximum absolute atomic E-state index is 15.8. The van der Waals surface area contributed by atoms with Crippen LogP contribution in [0, 0.1) is 0 Å². The van der Waals surface area contributed by atoms with Gasteiger partial charge in [-0.1, -0.05) is 5.21 Å². The lowest BCUT2D eigenvalue weighted by atomic mass is 10.1. The molecule has 8 N–H and O–H groups in total. The van der Waals surface area contributed by atoms with E-state index < -0.39 is 68.3 Å². The lowest BCUT2D eigenvalue weighted by Gasteiger charge is -2.33. The molecule has 4 aromatic rings. The van der Waals surface area contributed by atoms with Gasteiger partial charge in [0.25, 0.3) is 5.56 Å². The zero-order valence-corrected chi connectivity index (χ0v) is 22.6. The molecule has 2 aliphatic heterocycles. The van der Waals surface area contributed by atoms with E-state index in [-0.39, 0.29) is 29.5 Å². The monoisotopic (exact) mass is 614 g/mol. The van der Waals surface area contributed by atoms with Crippen molar-refractivity contribution in [3.05, 3.63) is 28.9 Å². The Hall–Kier alpha value is -3.20. The van der Waals surface area contributed by atoms with Gasteiger partial charge in [0, 0.05) is 6.20 Å². The summed E-state index contributed by atoms with van der Waals surface area (Å²) in [5.74, 6) is -0.0392. The first-order valence-corrected chi connectivity index (χ1v) is 14.7. The molecule has 0 aromatic carbocycles. The molecule has 0 amide bonds. The van der Waals surface area contributed by atoms with E-state index in [1.807, 2.05) is 0 Å². The highest BCUT2D eigenvalue weighted by Gasteiger charge is 2.58.